The van der Waals surface area contributed by atoms with Gasteiger partial charge in [-0.1, -0.05) is 11.6 Å². The van der Waals surface area contributed by atoms with Crippen LogP contribution in [0.15, 0.2) is 12.1 Å². The molecule has 0 radical (unpaired) electrons. The Kier molecular flexibility index (Phi) is 3.96. The zero-order chi connectivity index (χ0) is 13.2. The molecule has 0 saturated carbocycles. The van der Waals surface area contributed by atoms with Crippen molar-refractivity contribution in [3.8, 4) is 5.75 Å². The summed E-state index contributed by atoms with van der Waals surface area (Å²) in [7, 11) is 2.96. The van der Waals surface area contributed by atoms with E-state index in [1.165, 1.54) is 14.2 Å². The van der Waals surface area contributed by atoms with Gasteiger partial charge < -0.3 is 15.4 Å². The second kappa shape index (κ2) is 5.05. The average molecular weight is 257 g/mol. The maximum Gasteiger partial charge on any atom is 0.315 e. The van der Waals surface area contributed by atoms with Crippen LogP contribution in [0.4, 0.5) is 5.69 Å². The first kappa shape index (κ1) is 13.3. The molecule has 1 aromatic rings. The van der Waals surface area contributed by atoms with Gasteiger partial charge in [-0.2, -0.15) is 0 Å². The van der Waals surface area contributed by atoms with Crippen molar-refractivity contribution in [1.29, 1.82) is 0 Å². The van der Waals surface area contributed by atoms with E-state index in [4.69, 9.17) is 22.1 Å². The zero-order valence-electron chi connectivity index (χ0n) is 9.78. The third-order valence-electron chi connectivity index (χ3n) is 2.35. The highest BCUT2D eigenvalue weighted by molar-refractivity contribution is 6.40. The van der Waals surface area contributed by atoms with E-state index < -0.39 is 11.8 Å². The van der Waals surface area contributed by atoms with Gasteiger partial charge in [-0.05, 0) is 24.6 Å². The van der Waals surface area contributed by atoms with Crippen LogP contribution in [0.2, 0.25) is 5.02 Å². The van der Waals surface area contributed by atoms with Crippen LogP contribution in [0.1, 0.15) is 5.56 Å². The number of hydrogen-bond donors (Lipinski definition) is 1. The Labute approximate surface area is 104 Å². The van der Waals surface area contributed by atoms with Crippen LogP contribution in [0.5, 0.6) is 5.75 Å². The molecule has 0 heterocycles. The van der Waals surface area contributed by atoms with Crippen LogP contribution in [0.25, 0.3) is 0 Å². The molecule has 6 heteroatoms. The molecule has 0 aliphatic carbocycles. The normalized spacial score (nSPS) is 9.88. The monoisotopic (exact) mass is 256 g/mol. The van der Waals surface area contributed by atoms with Crippen LogP contribution in [-0.2, 0) is 9.59 Å². The van der Waals surface area contributed by atoms with Gasteiger partial charge in [0.15, 0.2) is 0 Å². The third kappa shape index (κ3) is 2.68. The number of halogens is 1. The number of carbonyl (C=O) groups excluding carboxylic acids is 2. The quantitative estimate of drug-likeness (QED) is 0.806. The van der Waals surface area contributed by atoms with E-state index in [-0.39, 0.29) is 0 Å². The van der Waals surface area contributed by atoms with Gasteiger partial charge in [-0.15, -0.1) is 0 Å². The van der Waals surface area contributed by atoms with Gasteiger partial charge in [0.1, 0.15) is 5.75 Å². The van der Waals surface area contributed by atoms with Gasteiger partial charge in [-0.3, -0.25) is 9.59 Å². The fourth-order valence-corrected chi connectivity index (χ4v) is 1.67. The third-order valence-corrected chi connectivity index (χ3v) is 2.64. The molecule has 5 nitrogen and oxygen atoms in total. The van der Waals surface area contributed by atoms with Gasteiger partial charge in [0, 0.05) is 12.7 Å². The van der Waals surface area contributed by atoms with Crippen molar-refractivity contribution in [2.45, 2.75) is 6.92 Å². The highest BCUT2D eigenvalue weighted by Gasteiger charge is 2.19. The number of methoxy groups -OCH3 is 1. The van der Waals surface area contributed by atoms with Gasteiger partial charge in [0.25, 0.3) is 0 Å². The topological polar surface area (TPSA) is 72.6 Å². The molecule has 0 fully saturated rings. The molecule has 0 aliphatic heterocycles. The van der Waals surface area contributed by atoms with E-state index in [0.29, 0.717) is 16.5 Å². The lowest BCUT2D eigenvalue weighted by Gasteiger charge is -2.19. The molecule has 2 N–H and O–H groups in total. The molecule has 0 unspecified atom stereocenters. The smallest absolute Gasteiger partial charge is 0.315 e. The van der Waals surface area contributed by atoms with Crippen LogP contribution in [0, 0.1) is 6.92 Å². The van der Waals surface area contributed by atoms with Gasteiger partial charge in [-0.25, -0.2) is 0 Å². The molecular weight excluding hydrogens is 244 g/mol. The van der Waals surface area contributed by atoms with E-state index in [9.17, 15) is 9.59 Å². The number of anilines is 1. The molecular formula is C11H13ClN2O3. The summed E-state index contributed by atoms with van der Waals surface area (Å²) < 4.78 is 5.04. The second-order valence-electron chi connectivity index (χ2n) is 3.50. The van der Waals surface area contributed by atoms with Crippen molar-refractivity contribution in [2.75, 3.05) is 19.1 Å². The number of hydrogen-bond acceptors (Lipinski definition) is 3. The first-order valence-corrected chi connectivity index (χ1v) is 5.18. The average Bonchev–Trinajstić information content (AvgIpc) is 2.29. The minimum Gasteiger partial charge on any atom is -0.495 e. The molecule has 0 spiro atoms. The molecule has 1 rings (SSSR count). The summed E-state index contributed by atoms with van der Waals surface area (Å²) in [4.78, 5) is 23.4. The predicted octanol–water partition coefficient (Wildman–Crippen LogP) is 1.11. The molecule has 1 aromatic carbocycles. The Morgan fingerprint density at radius 1 is 1.41 bits per heavy atom. The lowest BCUT2D eigenvalue weighted by molar-refractivity contribution is -0.135. The summed E-state index contributed by atoms with van der Waals surface area (Å²) >= 11 is 5.95. The highest BCUT2D eigenvalue weighted by Crippen LogP contribution is 2.32. The summed E-state index contributed by atoms with van der Waals surface area (Å²) in [5.41, 5.74) is 6.20. The number of aryl methyl sites for hydroxylation is 1. The van der Waals surface area contributed by atoms with Crippen LogP contribution < -0.4 is 15.4 Å². The van der Waals surface area contributed by atoms with Gasteiger partial charge in [0.2, 0.25) is 0 Å². The van der Waals surface area contributed by atoms with Crippen LogP contribution in [-0.4, -0.2) is 26.0 Å². The van der Waals surface area contributed by atoms with E-state index in [0.717, 1.165) is 10.5 Å². The molecule has 0 aromatic heterocycles. The molecule has 0 aliphatic rings. The Hall–Kier alpha value is -1.75. The Balaban J connectivity index is 3.19. The minimum atomic E-state index is -1.01. The Morgan fingerprint density at radius 2 is 2.00 bits per heavy atom. The van der Waals surface area contributed by atoms with E-state index in [1.54, 1.807) is 19.1 Å². The van der Waals surface area contributed by atoms with Crippen molar-refractivity contribution in [3.63, 3.8) is 0 Å². The van der Waals surface area contributed by atoms with Crippen molar-refractivity contribution >= 4 is 29.1 Å². The first-order chi connectivity index (χ1) is 7.88. The lowest BCUT2D eigenvalue weighted by atomic mass is 10.1. The van der Waals surface area contributed by atoms with Crippen molar-refractivity contribution < 1.29 is 14.3 Å². The maximum absolute atomic E-state index is 11.4. The molecule has 17 heavy (non-hydrogen) atoms. The Morgan fingerprint density at radius 3 is 2.47 bits per heavy atom. The summed E-state index contributed by atoms with van der Waals surface area (Å²) in [6.45, 7) is 1.78. The summed E-state index contributed by atoms with van der Waals surface area (Å²) in [6.07, 6.45) is 0. The minimum absolute atomic E-state index is 0.359. The summed E-state index contributed by atoms with van der Waals surface area (Å²) in [5.74, 6) is -1.30. The molecule has 2 amide bonds. The highest BCUT2D eigenvalue weighted by atomic mass is 35.5. The maximum atomic E-state index is 11.4. The van der Waals surface area contributed by atoms with Crippen molar-refractivity contribution in [3.05, 3.63) is 22.7 Å². The second-order valence-corrected chi connectivity index (χ2v) is 3.91. The summed E-state index contributed by atoms with van der Waals surface area (Å²) in [6, 6.07) is 3.24. The number of nitrogens with zero attached hydrogens (tertiary/aromatic N) is 1. The van der Waals surface area contributed by atoms with Gasteiger partial charge in [0.05, 0.1) is 12.1 Å². The van der Waals surface area contributed by atoms with E-state index in [2.05, 4.69) is 0 Å². The standard InChI is InChI=1S/C11H13ClN2O3/c1-6-4-9(17-3)7(12)5-8(6)14(2)11(16)10(13)15/h4-5H,1-3H3,(H2,13,15). The van der Waals surface area contributed by atoms with Gasteiger partial charge >= 0.3 is 11.8 Å². The molecule has 0 atom stereocenters. The number of primary amides is 1. The molecule has 0 bridgehead atoms. The Bertz CT molecular complexity index is 474. The predicted molar refractivity (Wildman–Crippen MR) is 65.3 cm³/mol. The van der Waals surface area contributed by atoms with E-state index in [1.807, 2.05) is 0 Å². The summed E-state index contributed by atoms with van der Waals surface area (Å²) in [5, 5.41) is 0.359. The lowest BCUT2D eigenvalue weighted by Crippen LogP contribution is -2.38. The SMILES string of the molecule is COc1cc(C)c(N(C)C(=O)C(N)=O)cc1Cl. The number of benzene rings is 1. The number of ether oxygens (including phenoxy) is 1. The van der Waals surface area contributed by atoms with E-state index >= 15 is 0 Å². The zero-order valence-corrected chi connectivity index (χ0v) is 10.5. The number of likely N-dealkylation sites (N-methyl/N-ethyl adjacent to an activating group) is 1. The van der Waals surface area contributed by atoms with Crippen LogP contribution >= 0.6 is 11.6 Å². The molecule has 92 valence electrons. The van der Waals surface area contributed by atoms with Crippen LogP contribution in [0.3, 0.4) is 0 Å². The van der Waals surface area contributed by atoms with Crippen molar-refractivity contribution in [2.24, 2.45) is 5.73 Å². The number of nitrogens with two attached hydrogens (primary N) is 1. The largest absolute Gasteiger partial charge is 0.495 e. The number of carbonyl (C=O) groups is 2. The number of rotatable bonds is 2. The number of amides is 2. The first-order valence-electron chi connectivity index (χ1n) is 4.80. The molecule has 0 saturated heterocycles. The van der Waals surface area contributed by atoms with Crippen molar-refractivity contribution in [1.82, 2.24) is 0 Å². The fraction of sp³-hybridized carbons (Fsp3) is 0.273. The fourth-order valence-electron chi connectivity index (χ4n) is 1.44.